The normalized spacial score (nSPS) is 18.1. The molecular weight excluding hydrogens is 264 g/mol. The molecular formula is C17H22N2O2. The number of fused-ring (bicyclic) bond motifs is 1. The Balaban J connectivity index is 1.89. The molecule has 4 nitrogen and oxygen atoms in total. The summed E-state index contributed by atoms with van der Waals surface area (Å²) < 4.78 is 0. The summed E-state index contributed by atoms with van der Waals surface area (Å²) in [5.74, 6) is 1.26. The van der Waals surface area contributed by atoms with Gasteiger partial charge in [-0.15, -0.1) is 0 Å². The molecule has 2 N–H and O–H groups in total. The summed E-state index contributed by atoms with van der Waals surface area (Å²) in [6, 6.07) is 10.0. The molecule has 21 heavy (non-hydrogen) atoms. The monoisotopic (exact) mass is 286 g/mol. The van der Waals surface area contributed by atoms with Gasteiger partial charge in [-0.25, -0.2) is 4.98 Å². The van der Waals surface area contributed by atoms with Crippen LogP contribution in [0.1, 0.15) is 25.3 Å². The second kappa shape index (κ2) is 6.00. The molecule has 0 radical (unpaired) electrons. The Morgan fingerprint density at radius 1 is 1.29 bits per heavy atom. The zero-order chi connectivity index (χ0) is 14.8. The summed E-state index contributed by atoms with van der Waals surface area (Å²) in [6.45, 7) is 3.64. The first-order valence-electron chi connectivity index (χ1n) is 7.61. The predicted molar refractivity (Wildman–Crippen MR) is 84.3 cm³/mol. The number of anilines is 1. The molecule has 0 aliphatic carbocycles. The molecule has 1 aromatic heterocycles. The highest BCUT2D eigenvalue weighted by Crippen LogP contribution is 2.28. The topological polar surface area (TPSA) is 56.6 Å². The summed E-state index contributed by atoms with van der Waals surface area (Å²) in [4.78, 5) is 6.98. The first-order chi connectivity index (χ1) is 10.2. The van der Waals surface area contributed by atoms with Crippen molar-refractivity contribution in [1.29, 1.82) is 0 Å². The van der Waals surface area contributed by atoms with Gasteiger partial charge in [0.2, 0.25) is 0 Å². The van der Waals surface area contributed by atoms with Crippen LogP contribution in [0.4, 0.5) is 5.82 Å². The third-order valence-corrected chi connectivity index (χ3v) is 4.47. The SMILES string of the molecule is C[C@@H](O)C1CCN(c2nc3ccccc3cc2CO)CC1. The lowest BCUT2D eigenvalue weighted by molar-refractivity contribution is 0.109. The van der Waals surface area contributed by atoms with Crippen LogP contribution in [0.5, 0.6) is 0 Å². The molecule has 1 atom stereocenters. The minimum absolute atomic E-state index is 0.00347. The van der Waals surface area contributed by atoms with Gasteiger partial charge in [-0.3, -0.25) is 0 Å². The lowest BCUT2D eigenvalue weighted by Crippen LogP contribution is -2.38. The summed E-state index contributed by atoms with van der Waals surface area (Å²) in [6.07, 6.45) is 1.70. The van der Waals surface area contributed by atoms with Gasteiger partial charge < -0.3 is 15.1 Å². The van der Waals surface area contributed by atoms with Gasteiger partial charge in [0.05, 0.1) is 18.2 Å². The van der Waals surface area contributed by atoms with Gasteiger partial charge in [-0.2, -0.15) is 0 Å². The van der Waals surface area contributed by atoms with Gasteiger partial charge in [0.1, 0.15) is 5.82 Å². The second-order valence-electron chi connectivity index (χ2n) is 5.89. The summed E-state index contributed by atoms with van der Waals surface area (Å²) in [7, 11) is 0. The molecule has 1 aliphatic heterocycles. The molecule has 4 heteroatoms. The number of pyridine rings is 1. The van der Waals surface area contributed by atoms with Crippen molar-refractivity contribution < 1.29 is 10.2 Å². The Morgan fingerprint density at radius 3 is 2.67 bits per heavy atom. The maximum Gasteiger partial charge on any atom is 0.134 e. The van der Waals surface area contributed by atoms with Crippen molar-refractivity contribution in [3.05, 3.63) is 35.9 Å². The zero-order valence-corrected chi connectivity index (χ0v) is 12.4. The molecule has 1 aromatic carbocycles. The van der Waals surface area contributed by atoms with E-state index < -0.39 is 0 Å². The fourth-order valence-corrected chi connectivity index (χ4v) is 3.13. The Labute approximate surface area is 125 Å². The minimum Gasteiger partial charge on any atom is -0.393 e. The number of aliphatic hydroxyl groups is 2. The molecule has 0 unspecified atom stereocenters. The van der Waals surface area contributed by atoms with E-state index >= 15 is 0 Å². The van der Waals surface area contributed by atoms with Crippen LogP contribution in [-0.2, 0) is 6.61 Å². The second-order valence-corrected chi connectivity index (χ2v) is 5.89. The average Bonchev–Trinajstić information content (AvgIpc) is 2.53. The van der Waals surface area contributed by atoms with Gasteiger partial charge in [0.25, 0.3) is 0 Å². The summed E-state index contributed by atoms with van der Waals surface area (Å²) >= 11 is 0. The van der Waals surface area contributed by atoms with E-state index in [1.54, 1.807) is 0 Å². The first kappa shape index (κ1) is 14.3. The highest BCUT2D eigenvalue weighted by Gasteiger charge is 2.24. The van der Waals surface area contributed by atoms with Crippen LogP contribution in [0.3, 0.4) is 0 Å². The fraction of sp³-hybridized carbons (Fsp3) is 0.471. The standard InChI is InChI=1S/C17H22N2O2/c1-12(21)13-6-8-19(9-7-13)17-15(11-20)10-14-4-2-3-5-16(14)18-17/h2-5,10,12-13,20-21H,6-9,11H2,1H3/t12-/m1/s1. The largest absolute Gasteiger partial charge is 0.393 e. The zero-order valence-electron chi connectivity index (χ0n) is 12.4. The van der Waals surface area contributed by atoms with Crippen LogP contribution in [0.2, 0.25) is 0 Å². The van der Waals surface area contributed by atoms with E-state index in [1.165, 1.54) is 0 Å². The third kappa shape index (κ3) is 2.87. The van der Waals surface area contributed by atoms with Crippen molar-refractivity contribution in [1.82, 2.24) is 4.98 Å². The maximum absolute atomic E-state index is 9.70. The molecule has 0 bridgehead atoms. The van der Waals surface area contributed by atoms with E-state index in [0.29, 0.717) is 5.92 Å². The fourth-order valence-electron chi connectivity index (χ4n) is 3.13. The van der Waals surface area contributed by atoms with E-state index in [1.807, 2.05) is 37.3 Å². The van der Waals surface area contributed by atoms with Gasteiger partial charge in [0.15, 0.2) is 0 Å². The Hall–Kier alpha value is -1.65. The quantitative estimate of drug-likeness (QED) is 0.909. The number of aliphatic hydroxyl groups excluding tert-OH is 2. The number of hydrogen-bond donors (Lipinski definition) is 2. The molecule has 112 valence electrons. The van der Waals surface area contributed by atoms with E-state index in [2.05, 4.69) is 4.90 Å². The Bertz CT molecular complexity index is 619. The lowest BCUT2D eigenvalue weighted by Gasteiger charge is -2.35. The number of para-hydroxylation sites is 1. The van der Waals surface area contributed by atoms with Crippen molar-refractivity contribution in [3.8, 4) is 0 Å². The third-order valence-electron chi connectivity index (χ3n) is 4.47. The number of rotatable bonds is 3. The van der Waals surface area contributed by atoms with E-state index in [-0.39, 0.29) is 12.7 Å². The van der Waals surface area contributed by atoms with Crippen molar-refractivity contribution in [2.45, 2.75) is 32.5 Å². The smallest absolute Gasteiger partial charge is 0.134 e. The van der Waals surface area contributed by atoms with Gasteiger partial charge >= 0.3 is 0 Å². The number of piperidine rings is 1. The number of hydrogen-bond acceptors (Lipinski definition) is 4. The summed E-state index contributed by atoms with van der Waals surface area (Å²) in [5, 5.41) is 20.4. The highest BCUT2D eigenvalue weighted by atomic mass is 16.3. The molecule has 1 fully saturated rings. The first-order valence-corrected chi connectivity index (χ1v) is 7.61. The lowest BCUT2D eigenvalue weighted by atomic mass is 9.92. The maximum atomic E-state index is 9.70. The molecule has 0 amide bonds. The van der Waals surface area contributed by atoms with Crippen LogP contribution < -0.4 is 4.90 Å². The molecule has 0 spiro atoms. The number of nitrogens with zero attached hydrogens (tertiary/aromatic N) is 2. The number of aromatic nitrogens is 1. The van der Waals surface area contributed by atoms with Gasteiger partial charge in [-0.05, 0) is 37.8 Å². The van der Waals surface area contributed by atoms with Crippen LogP contribution >= 0.6 is 0 Å². The van der Waals surface area contributed by atoms with Crippen molar-refractivity contribution >= 4 is 16.7 Å². The van der Waals surface area contributed by atoms with Crippen LogP contribution in [0.15, 0.2) is 30.3 Å². The van der Waals surface area contributed by atoms with Gasteiger partial charge in [-0.1, -0.05) is 18.2 Å². The molecule has 2 aromatic rings. The molecule has 0 saturated carbocycles. The van der Waals surface area contributed by atoms with E-state index in [0.717, 1.165) is 48.2 Å². The minimum atomic E-state index is -0.242. The Morgan fingerprint density at radius 2 is 2.00 bits per heavy atom. The van der Waals surface area contributed by atoms with Crippen LogP contribution in [0, 0.1) is 5.92 Å². The van der Waals surface area contributed by atoms with E-state index in [9.17, 15) is 10.2 Å². The Kier molecular flexibility index (Phi) is 4.08. The average molecular weight is 286 g/mol. The van der Waals surface area contributed by atoms with Crippen LogP contribution in [0.25, 0.3) is 10.9 Å². The summed E-state index contributed by atoms with van der Waals surface area (Å²) in [5.41, 5.74) is 1.84. The molecule has 1 saturated heterocycles. The molecule has 3 rings (SSSR count). The van der Waals surface area contributed by atoms with Crippen molar-refractivity contribution in [3.63, 3.8) is 0 Å². The van der Waals surface area contributed by atoms with Gasteiger partial charge in [0, 0.05) is 24.0 Å². The van der Waals surface area contributed by atoms with E-state index in [4.69, 9.17) is 4.98 Å². The molecule has 2 heterocycles. The van der Waals surface area contributed by atoms with Crippen molar-refractivity contribution in [2.24, 2.45) is 5.92 Å². The van der Waals surface area contributed by atoms with Crippen molar-refractivity contribution in [2.75, 3.05) is 18.0 Å². The van der Waals surface area contributed by atoms with Crippen LogP contribution in [-0.4, -0.2) is 34.4 Å². The molecule has 1 aliphatic rings. The number of benzene rings is 1. The highest BCUT2D eigenvalue weighted by molar-refractivity contribution is 5.81. The predicted octanol–water partition coefficient (Wildman–Crippen LogP) is 2.32.